The molecule has 0 spiro atoms. The second kappa shape index (κ2) is 9.38. The summed E-state index contributed by atoms with van der Waals surface area (Å²) in [6.45, 7) is 6.23. The van der Waals surface area contributed by atoms with Crippen LogP contribution in [0.15, 0.2) is 22.8 Å². The van der Waals surface area contributed by atoms with Crippen molar-refractivity contribution < 1.29 is 17.6 Å². The van der Waals surface area contributed by atoms with E-state index >= 15 is 0 Å². The van der Waals surface area contributed by atoms with Crippen LogP contribution >= 0.6 is 0 Å². The predicted octanol–water partition coefficient (Wildman–Crippen LogP) is 2.53. The molecule has 142 valence electrons. The van der Waals surface area contributed by atoms with E-state index in [2.05, 4.69) is 24.1 Å². The number of likely N-dealkylation sites (N-methyl/N-ethyl adjacent to an activating group) is 1. The van der Waals surface area contributed by atoms with E-state index in [0.717, 1.165) is 44.5 Å². The lowest BCUT2D eigenvalue weighted by atomic mass is 10.2. The summed E-state index contributed by atoms with van der Waals surface area (Å²) in [5.74, 6) is 0.535. The average Bonchev–Trinajstić information content (AvgIpc) is 3.30. The molecule has 1 aromatic heterocycles. The Morgan fingerprint density at radius 1 is 1.32 bits per heavy atom. The number of furan rings is 1. The smallest absolute Gasteiger partial charge is 0.221 e. The maximum absolute atomic E-state index is 12.3. The molecule has 0 aliphatic heterocycles. The molecular formula is C18H30N2O4S. The number of rotatable bonds is 10. The number of nitrogens with zero attached hydrogens (tertiary/aromatic N) is 1. The zero-order chi connectivity index (χ0) is 18.3. The minimum atomic E-state index is -3.15. The molecule has 6 nitrogen and oxygen atoms in total. The van der Waals surface area contributed by atoms with Crippen LogP contribution in [0.5, 0.6) is 0 Å². The predicted molar refractivity (Wildman–Crippen MR) is 98.0 cm³/mol. The summed E-state index contributed by atoms with van der Waals surface area (Å²) >= 11 is 0. The Labute approximate surface area is 150 Å². The molecule has 25 heavy (non-hydrogen) atoms. The monoisotopic (exact) mass is 370 g/mol. The van der Waals surface area contributed by atoms with Crippen LogP contribution in [0.3, 0.4) is 0 Å². The Kier molecular flexibility index (Phi) is 7.50. The number of hydrogen-bond donors (Lipinski definition) is 1. The van der Waals surface area contributed by atoms with E-state index in [1.165, 1.54) is 0 Å². The van der Waals surface area contributed by atoms with Gasteiger partial charge in [0.15, 0.2) is 9.84 Å². The maximum Gasteiger partial charge on any atom is 0.221 e. The minimum absolute atomic E-state index is 0.0297. The average molecular weight is 371 g/mol. The van der Waals surface area contributed by atoms with Gasteiger partial charge in [0, 0.05) is 13.0 Å². The Hall–Kier alpha value is -1.34. The highest BCUT2D eigenvalue weighted by atomic mass is 32.2. The van der Waals surface area contributed by atoms with E-state index < -0.39 is 9.84 Å². The standard InChI is InChI=1S/C18H30N2O4S/c1-3-20(4-2)16(17-10-7-12-24-17)14-19-18(21)11-13-25(22,23)15-8-5-6-9-15/h7,10,12,15-16H,3-6,8-9,11,13-14H2,1-2H3,(H,19,21). The van der Waals surface area contributed by atoms with E-state index in [0.29, 0.717) is 6.54 Å². The molecule has 1 amide bonds. The van der Waals surface area contributed by atoms with Crippen molar-refractivity contribution in [1.29, 1.82) is 0 Å². The van der Waals surface area contributed by atoms with E-state index in [9.17, 15) is 13.2 Å². The van der Waals surface area contributed by atoms with Gasteiger partial charge < -0.3 is 9.73 Å². The van der Waals surface area contributed by atoms with Crippen LogP contribution in [0.4, 0.5) is 0 Å². The quantitative estimate of drug-likeness (QED) is 0.685. The number of amides is 1. The molecule has 1 aromatic rings. The third kappa shape index (κ3) is 5.57. The second-order valence-electron chi connectivity index (χ2n) is 6.58. The molecule has 1 saturated carbocycles. The summed E-state index contributed by atoms with van der Waals surface area (Å²) in [5.41, 5.74) is 0. The Bertz CT molecular complexity index is 618. The van der Waals surface area contributed by atoms with Crippen molar-refractivity contribution in [1.82, 2.24) is 10.2 Å². The van der Waals surface area contributed by atoms with Crippen LogP contribution in [0, 0.1) is 0 Å². The number of sulfone groups is 1. The van der Waals surface area contributed by atoms with Crippen LogP contribution in [0.2, 0.25) is 0 Å². The summed E-state index contributed by atoms with van der Waals surface area (Å²) in [4.78, 5) is 14.4. The topological polar surface area (TPSA) is 79.6 Å². The van der Waals surface area contributed by atoms with Gasteiger partial charge >= 0.3 is 0 Å². The Balaban J connectivity index is 1.86. The normalized spacial score (nSPS) is 17.1. The van der Waals surface area contributed by atoms with Crippen LogP contribution in [0.25, 0.3) is 0 Å². The summed E-state index contributed by atoms with van der Waals surface area (Å²) in [7, 11) is -3.15. The number of carbonyl (C=O) groups is 1. The van der Waals surface area contributed by atoms with Crippen molar-refractivity contribution in [2.75, 3.05) is 25.4 Å². The van der Waals surface area contributed by atoms with Crippen molar-refractivity contribution in [3.8, 4) is 0 Å². The highest BCUT2D eigenvalue weighted by Crippen LogP contribution is 2.25. The van der Waals surface area contributed by atoms with Gasteiger partial charge in [-0.2, -0.15) is 0 Å². The van der Waals surface area contributed by atoms with Gasteiger partial charge in [-0.25, -0.2) is 8.42 Å². The van der Waals surface area contributed by atoms with Crippen LogP contribution in [-0.4, -0.2) is 49.9 Å². The molecule has 0 saturated heterocycles. The molecule has 1 aliphatic rings. The number of hydrogen-bond acceptors (Lipinski definition) is 5. The summed E-state index contributed by atoms with van der Waals surface area (Å²) in [6, 6.07) is 3.70. The summed E-state index contributed by atoms with van der Waals surface area (Å²) in [6.07, 6.45) is 5.10. The molecule has 7 heteroatoms. The van der Waals surface area contributed by atoms with E-state index in [1.54, 1.807) is 6.26 Å². The van der Waals surface area contributed by atoms with Gasteiger partial charge in [0.25, 0.3) is 0 Å². The maximum atomic E-state index is 12.3. The van der Waals surface area contributed by atoms with Gasteiger partial charge in [0.1, 0.15) is 5.76 Å². The van der Waals surface area contributed by atoms with Crippen molar-refractivity contribution in [3.63, 3.8) is 0 Å². The molecule has 1 unspecified atom stereocenters. The fourth-order valence-corrected chi connectivity index (χ4v) is 5.36. The summed E-state index contributed by atoms with van der Waals surface area (Å²) < 4.78 is 30.0. The highest BCUT2D eigenvalue weighted by Gasteiger charge is 2.29. The lowest BCUT2D eigenvalue weighted by Gasteiger charge is -2.28. The minimum Gasteiger partial charge on any atom is -0.468 e. The van der Waals surface area contributed by atoms with Gasteiger partial charge in [0.05, 0.1) is 23.3 Å². The SMILES string of the molecule is CCN(CC)C(CNC(=O)CCS(=O)(=O)C1CCCC1)c1ccco1. The lowest BCUT2D eigenvalue weighted by molar-refractivity contribution is -0.121. The molecule has 0 bridgehead atoms. The molecular weight excluding hydrogens is 340 g/mol. The Morgan fingerprint density at radius 2 is 2.00 bits per heavy atom. The molecule has 2 rings (SSSR count). The lowest BCUT2D eigenvalue weighted by Crippen LogP contribution is -2.38. The van der Waals surface area contributed by atoms with Gasteiger partial charge in [0.2, 0.25) is 5.91 Å². The number of nitrogens with one attached hydrogen (secondary N) is 1. The van der Waals surface area contributed by atoms with Gasteiger partial charge in [-0.1, -0.05) is 26.7 Å². The van der Waals surface area contributed by atoms with Crippen LogP contribution < -0.4 is 5.32 Å². The molecule has 1 N–H and O–H groups in total. The molecule has 1 aliphatic carbocycles. The third-order valence-corrected chi connectivity index (χ3v) is 7.30. The highest BCUT2D eigenvalue weighted by molar-refractivity contribution is 7.92. The molecule has 1 atom stereocenters. The first-order valence-corrected chi connectivity index (χ1v) is 10.9. The van der Waals surface area contributed by atoms with Gasteiger partial charge in [-0.15, -0.1) is 0 Å². The fraction of sp³-hybridized carbons (Fsp3) is 0.722. The molecule has 1 fully saturated rings. The third-order valence-electron chi connectivity index (χ3n) is 5.04. The summed E-state index contributed by atoms with van der Waals surface area (Å²) in [5, 5.41) is 2.63. The van der Waals surface area contributed by atoms with Crippen LogP contribution in [0.1, 0.15) is 57.8 Å². The van der Waals surface area contributed by atoms with E-state index in [-0.39, 0.29) is 29.4 Å². The molecule has 0 radical (unpaired) electrons. The largest absolute Gasteiger partial charge is 0.468 e. The zero-order valence-electron chi connectivity index (χ0n) is 15.2. The zero-order valence-corrected chi connectivity index (χ0v) is 16.1. The van der Waals surface area contributed by atoms with Crippen molar-refractivity contribution in [2.24, 2.45) is 0 Å². The molecule has 1 heterocycles. The van der Waals surface area contributed by atoms with Crippen molar-refractivity contribution in [2.45, 2.75) is 57.2 Å². The van der Waals surface area contributed by atoms with Crippen molar-refractivity contribution in [3.05, 3.63) is 24.2 Å². The first kappa shape index (κ1) is 20.0. The van der Waals surface area contributed by atoms with Gasteiger partial charge in [-0.05, 0) is 38.1 Å². The first-order valence-electron chi connectivity index (χ1n) is 9.23. The first-order chi connectivity index (χ1) is 12.0. The van der Waals surface area contributed by atoms with Crippen molar-refractivity contribution >= 4 is 15.7 Å². The van der Waals surface area contributed by atoms with E-state index in [1.807, 2.05) is 12.1 Å². The van der Waals surface area contributed by atoms with Crippen LogP contribution in [-0.2, 0) is 14.6 Å². The molecule has 0 aromatic carbocycles. The fourth-order valence-electron chi connectivity index (χ4n) is 3.50. The van der Waals surface area contributed by atoms with E-state index in [4.69, 9.17) is 4.42 Å². The Morgan fingerprint density at radius 3 is 2.56 bits per heavy atom. The van der Waals surface area contributed by atoms with Gasteiger partial charge in [-0.3, -0.25) is 9.69 Å². The number of carbonyl (C=O) groups excluding carboxylic acids is 1. The second-order valence-corrected chi connectivity index (χ2v) is 8.98.